The molecule has 0 heterocycles. The van der Waals surface area contributed by atoms with Crippen LogP contribution < -0.4 is 0 Å². The zero-order chi connectivity index (χ0) is 13.0. The number of rotatable bonds is 4. The Morgan fingerprint density at radius 1 is 1.00 bits per heavy atom. The van der Waals surface area contributed by atoms with Crippen LogP contribution >= 0.6 is 0 Å². The number of aryl methyl sites for hydroxylation is 1. The van der Waals surface area contributed by atoms with Gasteiger partial charge >= 0.3 is 0 Å². The van der Waals surface area contributed by atoms with Crippen LogP contribution in [-0.4, -0.2) is 11.2 Å². The van der Waals surface area contributed by atoms with E-state index in [0.29, 0.717) is 0 Å². The first-order valence-corrected chi connectivity index (χ1v) is 6.53. The van der Waals surface area contributed by atoms with Crippen LogP contribution in [0.1, 0.15) is 24.5 Å². The molecule has 1 heteroatoms. The summed E-state index contributed by atoms with van der Waals surface area (Å²) in [6.07, 6.45) is 1.32. The summed E-state index contributed by atoms with van der Waals surface area (Å²) in [5, 5.41) is 9.72. The molecule has 18 heavy (non-hydrogen) atoms. The maximum atomic E-state index is 9.72. The number of aliphatic hydroxyl groups excluding tert-OH is 1. The molecule has 0 bridgehead atoms. The Morgan fingerprint density at radius 3 is 2.33 bits per heavy atom. The van der Waals surface area contributed by atoms with E-state index >= 15 is 0 Å². The van der Waals surface area contributed by atoms with Crippen molar-refractivity contribution in [2.24, 2.45) is 0 Å². The molecule has 1 N–H and O–H groups in total. The van der Waals surface area contributed by atoms with Gasteiger partial charge in [0, 0.05) is 0 Å². The first kappa shape index (κ1) is 12.8. The average Bonchev–Trinajstić information content (AvgIpc) is 2.42. The minimum Gasteiger partial charge on any atom is -0.393 e. The Balaban J connectivity index is 2.25. The lowest BCUT2D eigenvalue weighted by Gasteiger charge is -2.12. The lowest BCUT2D eigenvalue weighted by Crippen LogP contribution is -2.09. The van der Waals surface area contributed by atoms with Gasteiger partial charge in [0.1, 0.15) is 0 Å². The van der Waals surface area contributed by atoms with Crippen LogP contribution in [-0.2, 0) is 6.42 Å². The lowest BCUT2D eigenvalue weighted by atomic mass is 9.96. The molecule has 0 saturated heterocycles. The van der Waals surface area contributed by atoms with Gasteiger partial charge in [-0.05, 0) is 42.0 Å². The van der Waals surface area contributed by atoms with E-state index in [9.17, 15) is 5.11 Å². The largest absolute Gasteiger partial charge is 0.393 e. The monoisotopic (exact) mass is 240 g/mol. The topological polar surface area (TPSA) is 20.2 Å². The van der Waals surface area contributed by atoms with E-state index in [4.69, 9.17) is 0 Å². The van der Waals surface area contributed by atoms with Gasteiger partial charge in [0.15, 0.2) is 0 Å². The fourth-order valence-electron chi connectivity index (χ4n) is 2.13. The van der Waals surface area contributed by atoms with Gasteiger partial charge in [-0.1, -0.05) is 55.5 Å². The molecule has 0 aliphatic heterocycles. The summed E-state index contributed by atoms with van der Waals surface area (Å²) < 4.78 is 0. The van der Waals surface area contributed by atoms with Gasteiger partial charge in [-0.3, -0.25) is 0 Å². The van der Waals surface area contributed by atoms with Gasteiger partial charge in [0.2, 0.25) is 0 Å². The van der Waals surface area contributed by atoms with E-state index in [-0.39, 0.29) is 6.10 Å². The third-order valence-corrected chi connectivity index (χ3v) is 3.38. The molecular formula is C17H20O. The van der Waals surface area contributed by atoms with Crippen LogP contribution in [0.4, 0.5) is 0 Å². The summed E-state index contributed by atoms with van der Waals surface area (Å²) >= 11 is 0. The Hall–Kier alpha value is -1.60. The van der Waals surface area contributed by atoms with Crippen LogP contribution in [0.2, 0.25) is 0 Å². The molecule has 0 aromatic heterocycles. The summed E-state index contributed by atoms with van der Waals surface area (Å²) in [4.78, 5) is 0. The van der Waals surface area contributed by atoms with Crippen molar-refractivity contribution in [1.82, 2.24) is 0 Å². The van der Waals surface area contributed by atoms with E-state index in [2.05, 4.69) is 49.4 Å². The first-order valence-electron chi connectivity index (χ1n) is 6.53. The fraction of sp³-hybridized carbons (Fsp3) is 0.294. The Kier molecular flexibility index (Phi) is 4.16. The third kappa shape index (κ3) is 2.99. The molecule has 0 fully saturated rings. The second-order valence-electron chi connectivity index (χ2n) is 4.77. The number of aliphatic hydroxyl groups is 1. The van der Waals surface area contributed by atoms with Crippen LogP contribution in [0.5, 0.6) is 0 Å². The molecule has 1 nitrogen and oxygen atoms in total. The zero-order valence-corrected chi connectivity index (χ0v) is 11.1. The van der Waals surface area contributed by atoms with Crippen molar-refractivity contribution in [3.63, 3.8) is 0 Å². The molecule has 0 aliphatic carbocycles. The molecule has 0 radical (unpaired) electrons. The highest BCUT2D eigenvalue weighted by atomic mass is 16.3. The van der Waals surface area contributed by atoms with Crippen molar-refractivity contribution in [1.29, 1.82) is 0 Å². The lowest BCUT2D eigenvalue weighted by molar-refractivity contribution is 0.170. The van der Waals surface area contributed by atoms with Gasteiger partial charge in [-0.2, -0.15) is 0 Å². The molecule has 0 amide bonds. The number of hydrogen-bond acceptors (Lipinski definition) is 1. The standard InChI is InChI=1S/C17H20O/c1-3-17(18)12-15-9-10-16(11-13(15)2)14-7-5-4-6-8-14/h4-11,17-18H,3,12H2,1-2H3. The highest BCUT2D eigenvalue weighted by Gasteiger charge is 2.06. The van der Waals surface area contributed by atoms with Gasteiger partial charge < -0.3 is 5.11 Å². The number of hydrogen-bond donors (Lipinski definition) is 1. The highest BCUT2D eigenvalue weighted by Crippen LogP contribution is 2.23. The van der Waals surface area contributed by atoms with Crippen molar-refractivity contribution < 1.29 is 5.11 Å². The molecule has 2 rings (SSSR count). The summed E-state index contributed by atoms with van der Waals surface area (Å²) in [6.45, 7) is 4.13. The predicted molar refractivity (Wildman–Crippen MR) is 76.6 cm³/mol. The van der Waals surface area contributed by atoms with Crippen LogP contribution in [0.15, 0.2) is 48.5 Å². The average molecular weight is 240 g/mol. The third-order valence-electron chi connectivity index (χ3n) is 3.38. The summed E-state index contributed by atoms with van der Waals surface area (Å²) in [6, 6.07) is 16.9. The molecule has 0 saturated carbocycles. The van der Waals surface area contributed by atoms with Crippen molar-refractivity contribution in [3.8, 4) is 11.1 Å². The van der Waals surface area contributed by atoms with Crippen LogP contribution in [0.25, 0.3) is 11.1 Å². The van der Waals surface area contributed by atoms with E-state index in [1.54, 1.807) is 0 Å². The van der Waals surface area contributed by atoms with Gasteiger partial charge in [0.05, 0.1) is 6.10 Å². The fourth-order valence-corrected chi connectivity index (χ4v) is 2.13. The van der Waals surface area contributed by atoms with Gasteiger partial charge in [-0.15, -0.1) is 0 Å². The Labute approximate surface area is 109 Å². The quantitative estimate of drug-likeness (QED) is 0.857. The van der Waals surface area contributed by atoms with Crippen LogP contribution in [0.3, 0.4) is 0 Å². The van der Waals surface area contributed by atoms with Crippen LogP contribution in [0, 0.1) is 6.92 Å². The van der Waals surface area contributed by atoms with Crippen molar-refractivity contribution in [3.05, 3.63) is 59.7 Å². The summed E-state index contributed by atoms with van der Waals surface area (Å²) in [7, 11) is 0. The molecule has 1 unspecified atom stereocenters. The Morgan fingerprint density at radius 2 is 1.72 bits per heavy atom. The van der Waals surface area contributed by atoms with E-state index in [1.165, 1.54) is 22.3 Å². The first-order chi connectivity index (χ1) is 8.70. The maximum Gasteiger partial charge on any atom is 0.0578 e. The summed E-state index contributed by atoms with van der Waals surface area (Å²) in [5.74, 6) is 0. The second kappa shape index (κ2) is 5.83. The molecule has 1 atom stereocenters. The SMILES string of the molecule is CCC(O)Cc1ccc(-c2ccccc2)cc1C. The maximum absolute atomic E-state index is 9.72. The van der Waals surface area contributed by atoms with E-state index in [1.807, 2.05) is 13.0 Å². The van der Waals surface area contributed by atoms with Crippen molar-refractivity contribution in [2.45, 2.75) is 32.8 Å². The molecular weight excluding hydrogens is 220 g/mol. The molecule has 0 spiro atoms. The minimum atomic E-state index is -0.230. The summed E-state index contributed by atoms with van der Waals surface area (Å²) in [5.41, 5.74) is 4.97. The van der Waals surface area contributed by atoms with Gasteiger partial charge in [0.25, 0.3) is 0 Å². The number of benzene rings is 2. The predicted octanol–water partition coefficient (Wildman–Crippen LogP) is 3.98. The van der Waals surface area contributed by atoms with E-state index < -0.39 is 0 Å². The normalized spacial score (nSPS) is 12.4. The second-order valence-corrected chi connectivity index (χ2v) is 4.77. The molecule has 94 valence electrons. The highest BCUT2D eigenvalue weighted by molar-refractivity contribution is 5.64. The smallest absolute Gasteiger partial charge is 0.0578 e. The van der Waals surface area contributed by atoms with Crippen molar-refractivity contribution >= 4 is 0 Å². The minimum absolute atomic E-state index is 0.230. The Bertz CT molecular complexity index is 502. The van der Waals surface area contributed by atoms with E-state index in [0.717, 1.165) is 12.8 Å². The molecule has 2 aromatic rings. The molecule has 0 aliphatic rings. The van der Waals surface area contributed by atoms with Crippen molar-refractivity contribution in [2.75, 3.05) is 0 Å². The van der Waals surface area contributed by atoms with Gasteiger partial charge in [-0.25, -0.2) is 0 Å². The zero-order valence-electron chi connectivity index (χ0n) is 11.1. The molecule has 2 aromatic carbocycles.